The summed E-state index contributed by atoms with van der Waals surface area (Å²) in [6, 6.07) is 3.03. The van der Waals surface area contributed by atoms with Gasteiger partial charge in [-0.3, -0.25) is 29.0 Å². The standard InChI is InChI=1S/C19H7N5O4/c1-21-14-12-10-8(16(25)23(3)18(12)27)5-7(6-20)9-11(10)13(15(14)22-2)19(28)24(4)17(9)26/h5H,3-4H3. The van der Waals surface area contributed by atoms with Crippen LogP contribution < -0.4 is 0 Å². The van der Waals surface area contributed by atoms with Gasteiger partial charge in [0.05, 0.1) is 24.3 Å². The Labute approximate surface area is 157 Å². The van der Waals surface area contributed by atoms with E-state index in [1.165, 1.54) is 20.2 Å². The molecule has 2 aliphatic rings. The van der Waals surface area contributed by atoms with Crippen LogP contribution >= 0.6 is 0 Å². The van der Waals surface area contributed by atoms with Crippen molar-refractivity contribution in [1.29, 1.82) is 5.26 Å². The van der Waals surface area contributed by atoms with Crippen molar-refractivity contribution in [2.45, 2.75) is 0 Å². The van der Waals surface area contributed by atoms with Gasteiger partial charge in [0, 0.05) is 30.8 Å². The molecule has 0 atom stereocenters. The first-order valence-electron chi connectivity index (χ1n) is 7.80. The molecule has 2 aliphatic heterocycles. The summed E-state index contributed by atoms with van der Waals surface area (Å²) in [7, 11) is 2.41. The Morgan fingerprint density at radius 2 is 1.29 bits per heavy atom. The minimum atomic E-state index is -0.834. The third-order valence-electron chi connectivity index (χ3n) is 4.96. The molecule has 0 saturated carbocycles. The number of imide groups is 2. The number of amides is 4. The Bertz CT molecular complexity index is 1350. The van der Waals surface area contributed by atoms with Gasteiger partial charge < -0.3 is 0 Å². The van der Waals surface area contributed by atoms with Crippen molar-refractivity contribution in [2.75, 3.05) is 14.1 Å². The minimum absolute atomic E-state index is 0.0368. The van der Waals surface area contributed by atoms with Gasteiger partial charge in [-0.1, -0.05) is 0 Å². The summed E-state index contributed by atoms with van der Waals surface area (Å²) in [5, 5.41) is 9.40. The van der Waals surface area contributed by atoms with Gasteiger partial charge in [0.1, 0.15) is 6.07 Å². The van der Waals surface area contributed by atoms with Crippen LogP contribution in [0.5, 0.6) is 0 Å². The second-order valence-corrected chi connectivity index (χ2v) is 6.22. The van der Waals surface area contributed by atoms with Crippen molar-refractivity contribution < 1.29 is 19.2 Å². The van der Waals surface area contributed by atoms with Crippen molar-refractivity contribution >= 4 is 45.8 Å². The molecule has 2 aromatic carbocycles. The number of carbonyl (C=O) groups is 4. The van der Waals surface area contributed by atoms with Gasteiger partial charge in [-0.25, -0.2) is 9.69 Å². The zero-order valence-corrected chi connectivity index (χ0v) is 14.4. The Kier molecular flexibility index (Phi) is 3.15. The second-order valence-electron chi connectivity index (χ2n) is 6.22. The first kappa shape index (κ1) is 16.9. The zero-order valence-electron chi connectivity index (χ0n) is 14.4. The molecular formula is C19H7N5O4. The molecule has 0 N–H and O–H groups in total. The third-order valence-corrected chi connectivity index (χ3v) is 4.96. The SMILES string of the molecule is [C-]#[N+]c1c([N+]#[C-])c2c3c(c(C#N)cc4c3c1C(=O)N(C)C4=O)C(=O)N(C)C2=O. The predicted octanol–water partition coefficient (Wildman–Crippen LogP) is 2.26. The quantitative estimate of drug-likeness (QED) is 0.523. The predicted molar refractivity (Wildman–Crippen MR) is 94.0 cm³/mol. The van der Waals surface area contributed by atoms with E-state index in [1.807, 2.05) is 6.07 Å². The Balaban J connectivity index is 2.46. The molecule has 0 aromatic heterocycles. The zero-order chi connectivity index (χ0) is 20.5. The summed E-state index contributed by atoms with van der Waals surface area (Å²) >= 11 is 0. The summed E-state index contributed by atoms with van der Waals surface area (Å²) < 4.78 is 0. The van der Waals surface area contributed by atoms with E-state index < -0.39 is 23.6 Å². The van der Waals surface area contributed by atoms with E-state index in [0.29, 0.717) is 0 Å². The number of hydrogen-bond donors (Lipinski definition) is 0. The van der Waals surface area contributed by atoms with E-state index in [1.54, 1.807) is 0 Å². The van der Waals surface area contributed by atoms with Crippen molar-refractivity contribution in [3.8, 4) is 6.07 Å². The Morgan fingerprint density at radius 3 is 1.79 bits per heavy atom. The molecule has 0 fully saturated rings. The molecule has 9 heteroatoms. The maximum atomic E-state index is 12.8. The van der Waals surface area contributed by atoms with Gasteiger partial charge in [0.25, 0.3) is 11.8 Å². The maximum absolute atomic E-state index is 12.8. The van der Waals surface area contributed by atoms with E-state index in [2.05, 4.69) is 9.69 Å². The molecule has 0 unspecified atom stereocenters. The molecule has 28 heavy (non-hydrogen) atoms. The molecular weight excluding hydrogens is 362 g/mol. The number of nitrogens with zero attached hydrogens (tertiary/aromatic N) is 5. The minimum Gasteiger partial charge on any atom is -0.279 e. The van der Waals surface area contributed by atoms with Gasteiger partial charge in [-0.15, -0.1) is 0 Å². The van der Waals surface area contributed by atoms with Crippen LogP contribution in [0.25, 0.3) is 20.5 Å². The first-order valence-corrected chi connectivity index (χ1v) is 7.80. The highest BCUT2D eigenvalue weighted by Gasteiger charge is 2.42. The normalized spacial score (nSPS) is 14.8. The molecule has 0 radical (unpaired) electrons. The number of benzene rings is 2. The summed E-state index contributed by atoms with van der Waals surface area (Å²) in [6.07, 6.45) is 0. The fourth-order valence-corrected chi connectivity index (χ4v) is 3.65. The van der Waals surface area contributed by atoms with Crippen LogP contribution in [0.3, 0.4) is 0 Å². The van der Waals surface area contributed by atoms with E-state index in [-0.39, 0.29) is 50.0 Å². The lowest BCUT2D eigenvalue weighted by Crippen LogP contribution is -2.41. The summed E-state index contributed by atoms with van der Waals surface area (Å²) in [6.45, 7) is 14.9. The van der Waals surface area contributed by atoms with Crippen molar-refractivity contribution in [3.63, 3.8) is 0 Å². The summed E-state index contributed by atoms with van der Waals surface area (Å²) in [4.78, 5) is 59.1. The monoisotopic (exact) mass is 369 g/mol. The van der Waals surface area contributed by atoms with Gasteiger partial charge in [0.15, 0.2) is 0 Å². The Morgan fingerprint density at radius 1 is 0.821 bits per heavy atom. The molecule has 132 valence electrons. The van der Waals surface area contributed by atoms with E-state index in [9.17, 15) is 24.4 Å². The molecule has 0 spiro atoms. The van der Waals surface area contributed by atoms with Crippen molar-refractivity contribution in [1.82, 2.24) is 9.80 Å². The highest BCUT2D eigenvalue weighted by atomic mass is 16.2. The first-order chi connectivity index (χ1) is 13.3. The highest BCUT2D eigenvalue weighted by molar-refractivity contribution is 6.37. The topological polar surface area (TPSA) is 107 Å². The average Bonchev–Trinajstić information content (AvgIpc) is 2.70. The molecule has 2 aromatic rings. The van der Waals surface area contributed by atoms with Crippen molar-refractivity contribution in [2.24, 2.45) is 0 Å². The lowest BCUT2D eigenvalue weighted by atomic mass is 9.82. The lowest BCUT2D eigenvalue weighted by molar-refractivity contribution is 0.0630. The fraction of sp³-hybridized carbons (Fsp3) is 0.105. The van der Waals surface area contributed by atoms with Crippen LogP contribution in [0.2, 0.25) is 0 Å². The largest absolute Gasteiger partial charge is 0.279 e. The number of rotatable bonds is 0. The second kappa shape index (κ2) is 5.23. The van der Waals surface area contributed by atoms with Gasteiger partial charge in [-0.2, -0.15) is 5.26 Å². The number of hydrogen-bond acceptors (Lipinski definition) is 5. The van der Waals surface area contributed by atoms with Crippen LogP contribution in [-0.4, -0.2) is 47.5 Å². The number of carbonyl (C=O) groups excluding carboxylic acids is 4. The average molecular weight is 369 g/mol. The number of nitriles is 1. The van der Waals surface area contributed by atoms with E-state index >= 15 is 0 Å². The van der Waals surface area contributed by atoms with Gasteiger partial charge in [-0.05, 0) is 16.8 Å². The summed E-state index contributed by atoms with van der Waals surface area (Å²) in [5.74, 6) is -3.15. The molecule has 0 bridgehead atoms. The van der Waals surface area contributed by atoms with Crippen LogP contribution in [0, 0.1) is 24.5 Å². The lowest BCUT2D eigenvalue weighted by Gasteiger charge is -2.31. The Hall–Kier alpha value is -4.55. The molecule has 2 heterocycles. The molecule has 4 amide bonds. The van der Waals surface area contributed by atoms with Crippen molar-refractivity contribution in [3.05, 3.63) is 56.7 Å². The van der Waals surface area contributed by atoms with E-state index in [0.717, 1.165) is 9.80 Å². The third kappa shape index (κ3) is 1.66. The fourth-order valence-electron chi connectivity index (χ4n) is 3.65. The van der Waals surface area contributed by atoms with Crippen LogP contribution in [-0.2, 0) is 0 Å². The van der Waals surface area contributed by atoms with Gasteiger partial charge in [0.2, 0.25) is 23.2 Å². The van der Waals surface area contributed by atoms with Crippen LogP contribution in [0.1, 0.15) is 47.0 Å². The van der Waals surface area contributed by atoms with Gasteiger partial charge >= 0.3 is 0 Å². The molecule has 9 nitrogen and oxygen atoms in total. The molecule has 4 rings (SSSR count). The smallest absolute Gasteiger partial charge is 0.262 e. The highest BCUT2D eigenvalue weighted by Crippen LogP contribution is 2.49. The maximum Gasteiger partial charge on any atom is 0.262 e. The van der Waals surface area contributed by atoms with E-state index in [4.69, 9.17) is 13.1 Å². The molecule has 0 aliphatic carbocycles. The molecule has 0 saturated heterocycles. The summed E-state index contributed by atoms with van der Waals surface area (Å²) in [5.41, 5.74) is -1.57. The van der Waals surface area contributed by atoms with Crippen LogP contribution in [0.15, 0.2) is 6.07 Å². The van der Waals surface area contributed by atoms with Crippen LogP contribution in [0.4, 0.5) is 11.4 Å².